The van der Waals surface area contributed by atoms with Gasteiger partial charge in [-0.15, -0.1) is 0 Å². The Kier molecular flexibility index (Phi) is 12.3. The summed E-state index contributed by atoms with van der Waals surface area (Å²) in [5.74, 6) is -1.79. The van der Waals surface area contributed by atoms with Crippen molar-refractivity contribution in [3.8, 4) is 0 Å². The first-order valence-corrected chi connectivity index (χ1v) is 14.0. The van der Waals surface area contributed by atoms with Crippen molar-refractivity contribution in [2.45, 2.75) is 33.6 Å². The van der Waals surface area contributed by atoms with E-state index >= 15 is 0 Å². The molecule has 0 atom stereocenters. The Morgan fingerprint density at radius 2 is 1.26 bits per heavy atom. The summed E-state index contributed by atoms with van der Waals surface area (Å²) in [7, 11) is 6.30. The summed E-state index contributed by atoms with van der Waals surface area (Å²) in [6, 6.07) is 13.8. The van der Waals surface area contributed by atoms with Gasteiger partial charge in [-0.3, -0.25) is 48.4 Å². The molecule has 2 aromatic carbocycles. The summed E-state index contributed by atoms with van der Waals surface area (Å²) in [5.41, 5.74) is 1.72. The first-order valence-electron chi connectivity index (χ1n) is 13.1. The molecule has 0 saturated carbocycles. The molecule has 0 aliphatic carbocycles. The monoisotopic (exact) mass is 626 g/mol. The van der Waals surface area contributed by atoms with Gasteiger partial charge in [0.15, 0.2) is 10.2 Å². The van der Waals surface area contributed by atoms with Gasteiger partial charge in [-0.1, -0.05) is 42.5 Å². The van der Waals surface area contributed by atoms with Crippen LogP contribution in [0.15, 0.2) is 48.0 Å². The fraction of sp³-hybridized carbons (Fsp3) is 0.333. The summed E-state index contributed by atoms with van der Waals surface area (Å²) in [6.45, 7) is 5.21. The van der Waals surface area contributed by atoms with Gasteiger partial charge in [-0.25, -0.2) is 0 Å². The highest BCUT2D eigenvalue weighted by Crippen LogP contribution is 2.30. The topological polar surface area (TPSA) is 125 Å². The number of ether oxygens (including phenoxy) is 1. The zero-order valence-electron chi connectivity index (χ0n) is 25.1. The van der Waals surface area contributed by atoms with Crippen LogP contribution in [0.5, 0.6) is 0 Å². The van der Waals surface area contributed by atoms with Crippen LogP contribution in [-0.4, -0.2) is 100 Å². The third kappa shape index (κ3) is 8.36. The van der Waals surface area contributed by atoms with Gasteiger partial charge in [0.2, 0.25) is 11.8 Å². The van der Waals surface area contributed by atoms with Gasteiger partial charge in [0, 0.05) is 28.2 Å². The highest BCUT2D eigenvalue weighted by molar-refractivity contribution is 7.80. The molecule has 0 unspecified atom stereocenters. The molecule has 2 saturated heterocycles. The number of hydrogen-bond acceptors (Lipinski definition) is 9. The molecular formula is C30H34N4O7S2. The predicted octanol–water partition coefficient (Wildman–Crippen LogP) is 2.95. The van der Waals surface area contributed by atoms with Crippen LogP contribution in [0.4, 0.5) is 0 Å². The molecule has 2 heterocycles. The molecule has 2 aliphatic rings. The lowest BCUT2D eigenvalue weighted by Crippen LogP contribution is -2.53. The molecule has 2 aliphatic heterocycles. The Morgan fingerprint density at radius 1 is 0.767 bits per heavy atom. The SMILES string of the molecule is CC(=C1C(=O)N(C)C(=S)N(C)C1=O)c1cccc2ccccc12.CCOC(=O)CC(C)=O.CN1C(=O)CC(=O)N(C)C1=S. The van der Waals surface area contributed by atoms with Crippen molar-refractivity contribution in [2.75, 3.05) is 34.8 Å². The number of fused-ring (bicyclic) bond motifs is 1. The number of Topliss-reactive ketones (excluding diaryl/α,β-unsaturated/α-hetero) is 1. The van der Waals surface area contributed by atoms with Crippen LogP contribution in [0, 0.1) is 0 Å². The smallest absolute Gasteiger partial charge is 0.313 e. The molecule has 43 heavy (non-hydrogen) atoms. The van der Waals surface area contributed by atoms with Gasteiger partial charge >= 0.3 is 5.97 Å². The molecule has 228 valence electrons. The molecule has 0 aromatic heterocycles. The Labute approximate surface area is 261 Å². The van der Waals surface area contributed by atoms with Crippen molar-refractivity contribution in [2.24, 2.45) is 0 Å². The van der Waals surface area contributed by atoms with Gasteiger partial charge in [0.25, 0.3) is 11.8 Å². The van der Waals surface area contributed by atoms with E-state index in [1.807, 2.05) is 49.4 Å². The molecule has 13 heteroatoms. The van der Waals surface area contributed by atoms with Crippen molar-refractivity contribution >= 4 is 86.4 Å². The van der Waals surface area contributed by atoms with Crippen molar-refractivity contribution in [3.05, 3.63) is 53.6 Å². The van der Waals surface area contributed by atoms with Crippen LogP contribution < -0.4 is 0 Å². The summed E-state index contributed by atoms with van der Waals surface area (Å²) in [5, 5.41) is 2.57. The van der Waals surface area contributed by atoms with E-state index in [2.05, 4.69) is 4.74 Å². The van der Waals surface area contributed by atoms with Gasteiger partial charge in [0.05, 0.1) is 6.61 Å². The zero-order chi connectivity index (χ0) is 32.6. The minimum atomic E-state index is -0.440. The molecule has 4 rings (SSSR count). The number of nitrogens with zero attached hydrogens (tertiary/aromatic N) is 4. The molecule has 2 fully saturated rings. The molecule has 11 nitrogen and oxygen atoms in total. The Balaban J connectivity index is 0.000000268. The predicted molar refractivity (Wildman–Crippen MR) is 169 cm³/mol. The van der Waals surface area contributed by atoms with Gasteiger partial charge < -0.3 is 4.74 Å². The number of likely N-dealkylation sites (N-methyl/N-ethyl adjacent to an activating group) is 2. The maximum absolute atomic E-state index is 12.6. The minimum absolute atomic E-state index is 0.0763. The standard InChI is InChI=1S/C18H16N2O2S.C6H8N2O2S.C6H10O3/c1-11(13-10-6-8-12-7-4-5-9-14(12)13)15-16(21)19(2)18(23)20(3)17(15)22;1-7-4(9)3-5(10)8(2)6(7)11;1-3-9-6(8)4-5(2)7/h4-10H,1-3H3;3H2,1-2H3;3-4H2,1-2H3. The lowest BCUT2D eigenvalue weighted by atomic mass is 9.94. The maximum Gasteiger partial charge on any atom is 0.313 e. The summed E-state index contributed by atoms with van der Waals surface area (Å²) in [4.78, 5) is 73.0. The van der Waals surface area contributed by atoms with Gasteiger partial charge in [0.1, 0.15) is 24.2 Å². The van der Waals surface area contributed by atoms with Crippen LogP contribution in [-0.2, 0) is 33.5 Å². The van der Waals surface area contributed by atoms with E-state index < -0.39 is 5.97 Å². The maximum atomic E-state index is 12.6. The molecule has 0 radical (unpaired) electrons. The second-order valence-corrected chi connectivity index (χ2v) is 10.3. The summed E-state index contributed by atoms with van der Waals surface area (Å²) >= 11 is 9.94. The number of ketones is 1. The average molecular weight is 627 g/mol. The highest BCUT2D eigenvalue weighted by Gasteiger charge is 2.37. The average Bonchev–Trinajstić information content (AvgIpc) is 2.97. The number of benzene rings is 2. The van der Waals surface area contributed by atoms with E-state index in [9.17, 15) is 28.8 Å². The molecule has 0 spiro atoms. The zero-order valence-corrected chi connectivity index (χ0v) is 26.8. The van der Waals surface area contributed by atoms with E-state index in [-0.39, 0.29) is 58.1 Å². The quantitative estimate of drug-likeness (QED) is 0.166. The van der Waals surface area contributed by atoms with Crippen LogP contribution in [0.25, 0.3) is 16.3 Å². The second-order valence-electron chi connectivity index (χ2n) is 9.59. The minimum Gasteiger partial charge on any atom is -0.466 e. The number of esters is 1. The lowest BCUT2D eigenvalue weighted by molar-refractivity contribution is -0.145. The Bertz CT molecular complexity index is 1480. The van der Waals surface area contributed by atoms with E-state index in [4.69, 9.17) is 24.4 Å². The largest absolute Gasteiger partial charge is 0.466 e. The van der Waals surface area contributed by atoms with E-state index in [1.54, 1.807) is 35.1 Å². The molecule has 0 N–H and O–H groups in total. The van der Waals surface area contributed by atoms with E-state index in [0.717, 1.165) is 16.3 Å². The van der Waals surface area contributed by atoms with Crippen molar-refractivity contribution in [1.29, 1.82) is 0 Å². The molecular weight excluding hydrogens is 592 g/mol. The summed E-state index contributed by atoms with van der Waals surface area (Å²) < 4.78 is 4.49. The number of amides is 4. The van der Waals surface area contributed by atoms with E-state index in [0.29, 0.717) is 12.2 Å². The number of thiocarbonyl (C=S) groups is 2. The van der Waals surface area contributed by atoms with Crippen molar-refractivity contribution in [1.82, 2.24) is 19.6 Å². The summed E-state index contributed by atoms with van der Waals surface area (Å²) in [6.07, 6.45) is -0.180. The van der Waals surface area contributed by atoms with Crippen LogP contribution in [0.1, 0.15) is 39.2 Å². The number of hydrogen-bond donors (Lipinski definition) is 0. The molecule has 2 aromatic rings. The number of carbonyl (C=O) groups is 6. The first kappa shape index (κ1) is 34.8. The van der Waals surface area contributed by atoms with Crippen molar-refractivity contribution in [3.63, 3.8) is 0 Å². The fourth-order valence-corrected chi connectivity index (χ4v) is 4.42. The Hall–Kier alpha value is -4.36. The lowest BCUT2D eigenvalue weighted by Gasteiger charge is -2.32. The Morgan fingerprint density at radius 3 is 1.77 bits per heavy atom. The normalized spacial score (nSPS) is 15.2. The number of rotatable bonds is 4. The van der Waals surface area contributed by atoms with Crippen LogP contribution in [0.2, 0.25) is 0 Å². The number of carbonyl (C=O) groups excluding carboxylic acids is 6. The first-order chi connectivity index (χ1) is 20.1. The van der Waals surface area contributed by atoms with E-state index in [1.165, 1.54) is 26.5 Å². The fourth-order valence-electron chi connectivity index (χ4n) is 4.05. The molecule has 0 bridgehead atoms. The van der Waals surface area contributed by atoms with Crippen molar-refractivity contribution < 1.29 is 33.5 Å². The second kappa shape index (κ2) is 15.2. The van der Waals surface area contributed by atoms with Crippen LogP contribution >= 0.6 is 24.4 Å². The third-order valence-electron chi connectivity index (χ3n) is 6.50. The van der Waals surface area contributed by atoms with Crippen LogP contribution in [0.3, 0.4) is 0 Å². The molecule has 4 amide bonds. The van der Waals surface area contributed by atoms with Gasteiger partial charge in [-0.05, 0) is 67.1 Å². The van der Waals surface area contributed by atoms with Gasteiger partial charge in [-0.2, -0.15) is 0 Å². The number of allylic oxidation sites excluding steroid dienone is 1. The highest BCUT2D eigenvalue weighted by atomic mass is 32.1. The third-order valence-corrected chi connectivity index (χ3v) is 7.60.